The van der Waals surface area contributed by atoms with Crippen LogP contribution < -0.4 is 10.6 Å². The third-order valence-electron chi connectivity index (χ3n) is 3.04. The number of hydrogen-bond acceptors (Lipinski definition) is 4. The van der Waals surface area contributed by atoms with Crippen LogP contribution in [0.5, 0.6) is 0 Å². The number of fused-ring (bicyclic) bond motifs is 1. The topological polar surface area (TPSA) is 84.5 Å². The van der Waals surface area contributed by atoms with E-state index >= 15 is 0 Å². The van der Waals surface area contributed by atoms with Crippen LogP contribution in [0.4, 0.5) is 5.69 Å². The van der Waals surface area contributed by atoms with Crippen molar-refractivity contribution in [2.75, 3.05) is 11.9 Å². The van der Waals surface area contributed by atoms with E-state index in [1.807, 2.05) is 0 Å². The van der Waals surface area contributed by atoms with Gasteiger partial charge in [0.25, 0.3) is 5.91 Å². The van der Waals surface area contributed by atoms with Crippen molar-refractivity contribution in [1.82, 2.24) is 5.32 Å². The van der Waals surface area contributed by atoms with E-state index in [1.54, 1.807) is 31.2 Å². The van der Waals surface area contributed by atoms with E-state index in [0.717, 1.165) is 5.56 Å². The van der Waals surface area contributed by atoms with Crippen molar-refractivity contribution in [3.63, 3.8) is 0 Å². The Morgan fingerprint density at radius 3 is 2.95 bits per heavy atom. The van der Waals surface area contributed by atoms with Gasteiger partial charge in [0.1, 0.15) is 0 Å². The largest absolute Gasteiger partial charge is 0.464 e. The minimum atomic E-state index is -1.69. The monoisotopic (exact) mass is 262 g/mol. The van der Waals surface area contributed by atoms with Gasteiger partial charge in [0.15, 0.2) is 0 Å². The third kappa shape index (κ3) is 2.16. The predicted octanol–water partition coefficient (Wildman–Crippen LogP) is 0.229. The van der Waals surface area contributed by atoms with Crippen LogP contribution in [0.3, 0.4) is 0 Å². The number of benzene rings is 1. The Morgan fingerprint density at radius 1 is 1.53 bits per heavy atom. The summed E-state index contributed by atoms with van der Waals surface area (Å²) in [6.45, 7) is 1.78. The summed E-state index contributed by atoms with van der Waals surface area (Å²) in [5, 5.41) is 4.92. The molecule has 2 rings (SSSR count). The molecule has 1 aromatic rings. The van der Waals surface area contributed by atoms with E-state index in [-0.39, 0.29) is 13.0 Å². The molecule has 100 valence electrons. The normalized spacial score (nSPS) is 21.0. The van der Waals surface area contributed by atoms with Crippen LogP contribution in [0.15, 0.2) is 24.3 Å². The number of para-hydroxylation sites is 1. The number of anilines is 1. The molecular formula is C13H14N2O4. The van der Waals surface area contributed by atoms with E-state index in [4.69, 9.17) is 4.74 Å². The molecule has 0 saturated heterocycles. The SMILES string of the molecule is CCOC(=O)C1(NC=O)Cc2ccccc2NC1=O. The lowest BCUT2D eigenvalue weighted by Crippen LogP contribution is -2.63. The second kappa shape index (κ2) is 5.09. The molecule has 2 amide bonds. The molecule has 1 aliphatic rings. The Balaban J connectivity index is 2.42. The molecule has 19 heavy (non-hydrogen) atoms. The van der Waals surface area contributed by atoms with Crippen LogP contribution in [0.25, 0.3) is 0 Å². The van der Waals surface area contributed by atoms with Gasteiger partial charge in [-0.2, -0.15) is 0 Å². The maximum atomic E-state index is 12.2. The van der Waals surface area contributed by atoms with E-state index < -0.39 is 17.4 Å². The average Bonchev–Trinajstić information content (AvgIpc) is 2.40. The van der Waals surface area contributed by atoms with Gasteiger partial charge in [-0.1, -0.05) is 18.2 Å². The van der Waals surface area contributed by atoms with Crippen LogP contribution in [-0.2, 0) is 25.5 Å². The standard InChI is InChI=1S/C13H14N2O4/c1-2-19-12(18)13(14-8-16)7-9-5-3-4-6-10(9)15-11(13)17/h3-6,8H,2,7H2,1H3,(H,14,16)(H,15,17). The first-order valence-corrected chi connectivity index (χ1v) is 5.92. The van der Waals surface area contributed by atoms with Crippen molar-refractivity contribution in [3.05, 3.63) is 29.8 Å². The Morgan fingerprint density at radius 2 is 2.26 bits per heavy atom. The molecule has 1 aromatic carbocycles. The fourth-order valence-electron chi connectivity index (χ4n) is 2.09. The highest BCUT2D eigenvalue weighted by molar-refractivity contribution is 6.16. The Labute approximate surface area is 110 Å². The van der Waals surface area contributed by atoms with Crippen LogP contribution in [0, 0.1) is 0 Å². The summed E-state index contributed by atoms with van der Waals surface area (Å²) in [5.74, 6) is -1.34. The Bertz CT molecular complexity index is 529. The van der Waals surface area contributed by atoms with E-state index in [0.29, 0.717) is 12.1 Å². The zero-order valence-corrected chi connectivity index (χ0v) is 10.4. The molecule has 0 fully saturated rings. The summed E-state index contributed by atoms with van der Waals surface area (Å²) >= 11 is 0. The van der Waals surface area contributed by atoms with Crippen LogP contribution >= 0.6 is 0 Å². The first kappa shape index (κ1) is 13.1. The molecule has 0 bridgehead atoms. The van der Waals surface area contributed by atoms with Gasteiger partial charge < -0.3 is 15.4 Å². The first-order chi connectivity index (χ1) is 9.14. The van der Waals surface area contributed by atoms with Gasteiger partial charge in [0.05, 0.1) is 6.61 Å². The lowest BCUT2D eigenvalue weighted by molar-refractivity contribution is -0.156. The van der Waals surface area contributed by atoms with Crippen molar-refractivity contribution in [3.8, 4) is 0 Å². The maximum absolute atomic E-state index is 12.2. The molecule has 0 aliphatic carbocycles. The third-order valence-corrected chi connectivity index (χ3v) is 3.04. The van der Waals surface area contributed by atoms with Crippen molar-refractivity contribution in [2.45, 2.75) is 18.9 Å². The lowest BCUT2D eigenvalue weighted by Gasteiger charge is -2.34. The number of hydrogen-bond donors (Lipinski definition) is 2. The maximum Gasteiger partial charge on any atom is 0.342 e. The predicted molar refractivity (Wildman–Crippen MR) is 67.3 cm³/mol. The zero-order valence-electron chi connectivity index (χ0n) is 10.4. The molecule has 1 heterocycles. The fraction of sp³-hybridized carbons (Fsp3) is 0.308. The fourth-order valence-corrected chi connectivity index (χ4v) is 2.09. The molecule has 0 spiro atoms. The molecule has 6 heteroatoms. The minimum Gasteiger partial charge on any atom is -0.464 e. The van der Waals surface area contributed by atoms with Crippen LogP contribution in [0.2, 0.25) is 0 Å². The summed E-state index contributed by atoms with van der Waals surface area (Å²) in [7, 11) is 0. The van der Waals surface area contributed by atoms with Gasteiger partial charge in [0.2, 0.25) is 11.9 Å². The quantitative estimate of drug-likeness (QED) is 0.462. The van der Waals surface area contributed by atoms with Gasteiger partial charge in [-0.3, -0.25) is 9.59 Å². The highest BCUT2D eigenvalue weighted by atomic mass is 16.5. The summed E-state index contributed by atoms with van der Waals surface area (Å²) in [5.41, 5.74) is -0.281. The summed E-state index contributed by atoms with van der Waals surface area (Å²) in [6.07, 6.45) is 0.414. The highest BCUT2D eigenvalue weighted by Gasteiger charge is 2.50. The Kier molecular flexibility index (Phi) is 3.50. The average molecular weight is 262 g/mol. The van der Waals surface area contributed by atoms with Crippen LogP contribution in [0.1, 0.15) is 12.5 Å². The van der Waals surface area contributed by atoms with Crippen molar-refractivity contribution >= 4 is 24.0 Å². The van der Waals surface area contributed by atoms with E-state index in [9.17, 15) is 14.4 Å². The van der Waals surface area contributed by atoms with Gasteiger partial charge in [-0.25, -0.2) is 4.79 Å². The second-order valence-corrected chi connectivity index (χ2v) is 4.18. The molecule has 0 radical (unpaired) electrons. The zero-order chi connectivity index (χ0) is 13.9. The molecule has 1 atom stereocenters. The molecule has 0 saturated carbocycles. The molecular weight excluding hydrogens is 248 g/mol. The molecule has 1 aliphatic heterocycles. The molecule has 6 nitrogen and oxygen atoms in total. The number of esters is 1. The molecule has 2 N–H and O–H groups in total. The number of amides is 2. The van der Waals surface area contributed by atoms with Gasteiger partial charge in [0, 0.05) is 12.1 Å². The number of carbonyl (C=O) groups excluding carboxylic acids is 3. The highest BCUT2D eigenvalue weighted by Crippen LogP contribution is 2.28. The summed E-state index contributed by atoms with van der Waals surface area (Å²) < 4.78 is 4.90. The van der Waals surface area contributed by atoms with Gasteiger partial charge in [-0.15, -0.1) is 0 Å². The number of rotatable bonds is 4. The molecule has 1 unspecified atom stereocenters. The van der Waals surface area contributed by atoms with Crippen molar-refractivity contribution in [2.24, 2.45) is 0 Å². The number of nitrogens with one attached hydrogen (secondary N) is 2. The minimum absolute atomic E-state index is 0.0760. The van der Waals surface area contributed by atoms with Gasteiger partial charge >= 0.3 is 5.97 Å². The number of ether oxygens (including phenoxy) is 1. The van der Waals surface area contributed by atoms with Crippen molar-refractivity contribution < 1.29 is 19.1 Å². The summed E-state index contributed by atoms with van der Waals surface area (Å²) in [6, 6.07) is 7.11. The van der Waals surface area contributed by atoms with Crippen LogP contribution in [-0.4, -0.2) is 30.4 Å². The lowest BCUT2D eigenvalue weighted by atomic mass is 9.85. The second-order valence-electron chi connectivity index (χ2n) is 4.18. The summed E-state index contributed by atoms with van der Waals surface area (Å²) in [4.78, 5) is 34.9. The molecule has 0 aromatic heterocycles. The van der Waals surface area contributed by atoms with Crippen molar-refractivity contribution in [1.29, 1.82) is 0 Å². The smallest absolute Gasteiger partial charge is 0.342 e. The number of carbonyl (C=O) groups is 3. The van der Waals surface area contributed by atoms with E-state index in [1.165, 1.54) is 0 Å². The Hall–Kier alpha value is -2.37. The first-order valence-electron chi connectivity index (χ1n) is 5.92. The van der Waals surface area contributed by atoms with E-state index in [2.05, 4.69) is 10.6 Å². The van der Waals surface area contributed by atoms with Gasteiger partial charge in [-0.05, 0) is 18.6 Å².